The lowest BCUT2D eigenvalue weighted by Crippen LogP contribution is -2.43. The van der Waals surface area contributed by atoms with Gasteiger partial charge in [0.2, 0.25) is 0 Å². The van der Waals surface area contributed by atoms with Gasteiger partial charge < -0.3 is 10.2 Å². The van der Waals surface area contributed by atoms with Crippen LogP contribution in [0.1, 0.15) is 56.0 Å². The van der Waals surface area contributed by atoms with Gasteiger partial charge in [0.1, 0.15) is 5.01 Å². The van der Waals surface area contributed by atoms with Crippen molar-refractivity contribution in [3.8, 4) is 6.07 Å². The molecular formula is C22H22ClN7OS. The summed E-state index contributed by atoms with van der Waals surface area (Å²) < 4.78 is 1.66. The van der Waals surface area contributed by atoms with E-state index in [-0.39, 0.29) is 17.9 Å². The number of nitrogens with one attached hydrogen (secondary N) is 1. The van der Waals surface area contributed by atoms with Gasteiger partial charge in [0.15, 0.2) is 5.69 Å². The molecule has 164 valence electrons. The van der Waals surface area contributed by atoms with E-state index in [4.69, 9.17) is 16.6 Å². The minimum Gasteiger partial charge on any atom is -0.348 e. The third kappa shape index (κ3) is 4.26. The lowest BCUT2D eigenvalue weighted by molar-refractivity contribution is 0.0903. The first-order valence-electron chi connectivity index (χ1n) is 10.5. The smallest absolute Gasteiger partial charge is 0.273 e. The molecule has 2 aromatic heterocycles. The van der Waals surface area contributed by atoms with Crippen LogP contribution in [0.25, 0.3) is 0 Å². The van der Waals surface area contributed by atoms with Crippen molar-refractivity contribution in [3.63, 3.8) is 0 Å². The molecule has 1 aromatic carbocycles. The summed E-state index contributed by atoms with van der Waals surface area (Å²) in [5.41, 5.74) is 3.08. The number of rotatable bonds is 5. The van der Waals surface area contributed by atoms with Crippen molar-refractivity contribution in [2.24, 2.45) is 0 Å². The van der Waals surface area contributed by atoms with Gasteiger partial charge in [0.25, 0.3) is 5.91 Å². The number of nitriles is 1. The summed E-state index contributed by atoms with van der Waals surface area (Å²) in [4.78, 5) is 20.9. The molecule has 0 bridgehead atoms. The van der Waals surface area contributed by atoms with E-state index in [9.17, 15) is 10.1 Å². The average molecular weight is 468 g/mol. The lowest BCUT2D eigenvalue weighted by Gasteiger charge is -2.36. The second-order valence-electron chi connectivity index (χ2n) is 8.45. The number of thiazole rings is 1. The van der Waals surface area contributed by atoms with E-state index in [1.54, 1.807) is 34.3 Å². The van der Waals surface area contributed by atoms with Crippen LogP contribution in [0, 0.1) is 11.3 Å². The number of carbonyl (C=O) groups excluding carboxylic acids is 1. The monoisotopic (exact) mass is 467 g/mol. The van der Waals surface area contributed by atoms with Crippen LogP contribution in [0.5, 0.6) is 0 Å². The van der Waals surface area contributed by atoms with Crippen LogP contribution in [0.3, 0.4) is 0 Å². The summed E-state index contributed by atoms with van der Waals surface area (Å²) in [7, 11) is 2.12. The van der Waals surface area contributed by atoms with Crippen LogP contribution < -0.4 is 5.32 Å². The quantitative estimate of drug-likeness (QED) is 0.619. The molecule has 3 heterocycles. The fourth-order valence-corrected chi connectivity index (χ4v) is 5.65. The molecule has 1 fully saturated rings. The Labute approximate surface area is 194 Å². The molecule has 0 spiro atoms. The van der Waals surface area contributed by atoms with Crippen LogP contribution in [-0.4, -0.2) is 50.4 Å². The van der Waals surface area contributed by atoms with Gasteiger partial charge in [0.05, 0.1) is 30.1 Å². The Morgan fingerprint density at radius 1 is 1.41 bits per heavy atom. The number of hydrogen-bond acceptors (Lipinski definition) is 7. The van der Waals surface area contributed by atoms with E-state index in [1.165, 1.54) is 10.6 Å². The molecule has 5 rings (SSSR count). The summed E-state index contributed by atoms with van der Waals surface area (Å²) in [6.07, 6.45) is 4.19. The van der Waals surface area contributed by atoms with Crippen molar-refractivity contribution in [3.05, 3.63) is 61.8 Å². The first-order valence-corrected chi connectivity index (χ1v) is 11.7. The minimum absolute atomic E-state index is 0.0471. The van der Waals surface area contributed by atoms with Crippen LogP contribution in [0.15, 0.2) is 24.4 Å². The van der Waals surface area contributed by atoms with Gasteiger partial charge in [-0.1, -0.05) is 16.8 Å². The zero-order valence-corrected chi connectivity index (χ0v) is 19.2. The molecule has 1 aliphatic heterocycles. The average Bonchev–Trinajstić information content (AvgIpc) is 3.36. The molecule has 0 saturated heterocycles. The predicted molar refractivity (Wildman–Crippen MR) is 121 cm³/mol. The normalized spacial score (nSPS) is 20.3. The van der Waals surface area contributed by atoms with E-state index >= 15 is 0 Å². The summed E-state index contributed by atoms with van der Waals surface area (Å²) in [6, 6.07) is 7.59. The third-order valence-electron chi connectivity index (χ3n) is 6.08. The molecule has 0 atom stereocenters. The highest BCUT2D eigenvalue weighted by molar-refractivity contribution is 7.11. The molecule has 1 saturated carbocycles. The van der Waals surface area contributed by atoms with Crippen LogP contribution in [0.4, 0.5) is 0 Å². The van der Waals surface area contributed by atoms with Gasteiger partial charge in [-0.15, -0.1) is 16.4 Å². The number of carbonyl (C=O) groups is 1. The van der Waals surface area contributed by atoms with E-state index in [1.807, 2.05) is 6.07 Å². The van der Waals surface area contributed by atoms with Gasteiger partial charge >= 0.3 is 0 Å². The molecule has 1 N–H and O–H groups in total. The Morgan fingerprint density at radius 2 is 2.25 bits per heavy atom. The van der Waals surface area contributed by atoms with Gasteiger partial charge in [-0.25, -0.2) is 9.67 Å². The molecular weight excluding hydrogens is 446 g/mol. The van der Waals surface area contributed by atoms with E-state index in [0.717, 1.165) is 42.9 Å². The summed E-state index contributed by atoms with van der Waals surface area (Å²) in [5, 5.41) is 22.1. The summed E-state index contributed by atoms with van der Waals surface area (Å²) >= 11 is 7.80. The first-order chi connectivity index (χ1) is 15.5. The topological polar surface area (TPSA) is 99.7 Å². The molecule has 10 heteroatoms. The maximum atomic E-state index is 12.6. The number of fused-ring (bicyclic) bond motifs is 1. The molecule has 3 aromatic rings. The highest BCUT2D eigenvalue weighted by Crippen LogP contribution is 2.39. The van der Waals surface area contributed by atoms with Crippen LogP contribution in [-0.2, 0) is 19.5 Å². The Hall–Kier alpha value is -2.80. The Bertz CT molecular complexity index is 1210. The van der Waals surface area contributed by atoms with Crippen molar-refractivity contribution >= 4 is 28.8 Å². The maximum absolute atomic E-state index is 12.6. The van der Waals surface area contributed by atoms with Gasteiger partial charge in [0, 0.05) is 35.5 Å². The Balaban J connectivity index is 1.17. The highest BCUT2D eigenvalue weighted by Gasteiger charge is 2.33. The first kappa shape index (κ1) is 21.1. The van der Waals surface area contributed by atoms with E-state index in [0.29, 0.717) is 22.8 Å². The predicted octanol–water partition coefficient (Wildman–Crippen LogP) is 2.97. The molecule has 1 aliphatic carbocycles. The van der Waals surface area contributed by atoms with Crippen molar-refractivity contribution in [2.75, 3.05) is 13.6 Å². The zero-order valence-electron chi connectivity index (χ0n) is 17.6. The number of aromatic nitrogens is 4. The van der Waals surface area contributed by atoms with Crippen molar-refractivity contribution in [2.45, 2.75) is 44.3 Å². The standard InChI is InChI=1S/C22H22ClN7OS/c1-29-5-4-18-20(11-29)32-21(26-18)12-30-10-19(27-28-30)22(31)25-16-6-14(7-16)17-8-15(23)3-2-13(17)9-24/h2-3,8,10,14,16H,4-7,11-12H2,1H3,(H,25,31)/t14-,16+. The van der Waals surface area contributed by atoms with Gasteiger partial charge in [-0.3, -0.25) is 4.79 Å². The molecule has 0 unspecified atom stereocenters. The lowest BCUT2D eigenvalue weighted by atomic mass is 9.74. The van der Waals surface area contributed by atoms with Gasteiger partial charge in [-0.2, -0.15) is 5.26 Å². The Kier molecular flexibility index (Phi) is 5.67. The van der Waals surface area contributed by atoms with Gasteiger partial charge in [-0.05, 0) is 49.6 Å². The maximum Gasteiger partial charge on any atom is 0.273 e. The number of hydrogen-bond donors (Lipinski definition) is 1. The summed E-state index contributed by atoms with van der Waals surface area (Å²) in [6.45, 7) is 2.48. The number of nitrogens with zero attached hydrogens (tertiary/aromatic N) is 6. The fraction of sp³-hybridized carbons (Fsp3) is 0.409. The third-order valence-corrected chi connectivity index (χ3v) is 7.38. The zero-order chi connectivity index (χ0) is 22.2. The largest absolute Gasteiger partial charge is 0.348 e. The molecule has 2 aliphatic rings. The number of halogens is 1. The van der Waals surface area contributed by atoms with E-state index < -0.39 is 0 Å². The second kappa shape index (κ2) is 8.62. The SMILES string of the molecule is CN1CCc2nc(Cn3cc(C(=O)N[C@H]4C[C@@H](c5cc(Cl)ccc5C#N)C4)nn3)sc2C1. The van der Waals surface area contributed by atoms with Crippen LogP contribution in [0.2, 0.25) is 5.02 Å². The van der Waals surface area contributed by atoms with Crippen molar-refractivity contribution in [1.29, 1.82) is 5.26 Å². The highest BCUT2D eigenvalue weighted by atomic mass is 35.5. The van der Waals surface area contributed by atoms with Crippen molar-refractivity contribution in [1.82, 2.24) is 30.2 Å². The fourth-order valence-electron chi connectivity index (χ4n) is 4.28. The van der Waals surface area contributed by atoms with Crippen molar-refractivity contribution < 1.29 is 4.79 Å². The second-order valence-corrected chi connectivity index (χ2v) is 10.1. The number of likely N-dealkylation sites (N-methyl/N-ethyl adjacent to an activating group) is 1. The molecule has 0 radical (unpaired) electrons. The Morgan fingerprint density at radius 3 is 3.06 bits per heavy atom. The van der Waals surface area contributed by atoms with E-state index in [2.05, 4.69) is 33.6 Å². The number of amides is 1. The molecule has 32 heavy (non-hydrogen) atoms. The van der Waals surface area contributed by atoms with Crippen LogP contribution >= 0.6 is 22.9 Å². The summed E-state index contributed by atoms with van der Waals surface area (Å²) in [5.74, 6) is -0.00864. The number of benzene rings is 1. The minimum atomic E-state index is -0.230. The molecule has 1 amide bonds. The molecule has 8 nitrogen and oxygen atoms in total.